The average molecular weight is 284 g/mol. The van der Waals surface area contributed by atoms with E-state index in [0.29, 0.717) is 13.0 Å². The molecule has 1 rings (SSSR count). The second-order valence-electron chi connectivity index (χ2n) is 4.51. The Labute approximate surface area is 116 Å². The van der Waals surface area contributed by atoms with Crippen molar-refractivity contribution in [3.8, 4) is 0 Å². The van der Waals surface area contributed by atoms with Crippen molar-refractivity contribution in [3.63, 3.8) is 0 Å². The summed E-state index contributed by atoms with van der Waals surface area (Å²) in [6, 6.07) is 9.89. The van der Waals surface area contributed by atoms with Crippen LogP contribution in [0.15, 0.2) is 30.3 Å². The molecule has 0 fully saturated rings. The van der Waals surface area contributed by atoms with Gasteiger partial charge in [-0.3, -0.25) is 0 Å². The lowest BCUT2D eigenvalue weighted by atomic mass is 10.2. The van der Waals surface area contributed by atoms with Gasteiger partial charge in [-0.2, -0.15) is 0 Å². The van der Waals surface area contributed by atoms with Crippen LogP contribution < -0.4 is 10.0 Å². The van der Waals surface area contributed by atoms with Crippen LogP contribution in [0.3, 0.4) is 0 Å². The van der Waals surface area contributed by atoms with Crippen LogP contribution in [0.2, 0.25) is 0 Å². The average Bonchev–Trinajstić information content (AvgIpc) is 2.39. The summed E-state index contributed by atoms with van der Waals surface area (Å²) in [4.78, 5) is 0. The topological polar surface area (TPSA) is 58.2 Å². The first kappa shape index (κ1) is 16.1. The van der Waals surface area contributed by atoms with Gasteiger partial charge in [0, 0.05) is 6.54 Å². The molecule has 1 aromatic rings. The van der Waals surface area contributed by atoms with Crippen molar-refractivity contribution >= 4 is 10.0 Å². The highest BCUT2D eigenvalue weighted by molar-refractivity contribution is 7.89. The van der Waals surface area contributed by atoms with Crippen molar-refractivity contribution in [2.24, 2.45) is 0 Å². The van der Waals surface area contributed by atoms with Gasteiger partial charge in [0.1, 0.15) is 0 Å². The molecule has 0 aliphatic carbocycles. The lowest BCUT2D eigenvalue weighted by Crippen LogP contribution is -2.28. The lowest BCUT2D eigenvalue weighted by Gasteiger charge is -2.07. The van der Waals surface area contributed by atoms with E-state index in [2.05, 4.69) is 10.0 Å². The van der Waals surface area contributed by atoms with Gasteiger partial charge >= 0.3 is 0 Å². The van der Waals surface area contributed by atoms with Gasteiger partial charge in [-0.1, -0.05) is 37.3 Å². The molecule has 0 saturated heterocycles. The molecule has 1 aromatic carbocycles. The largest absolute Gasteiger partial charge is 0.317 e. The molecule has 5 heteroatoms. The van der Waals surface area contributed by atoms with Crippen molar-refractivity contribution in [3.05, 3.63) is 35.9 Å². The van der Waals surface area contributed by atoms with E-state index in [-0.39, 0.29) is 5.75 Å². The quantitative estimate of drug-likeness (QED) is 0.641. The number of benzene rings is 1. The Kier molecular flexibility index (Phi) is 7.70. The number of rotatable bonds is 10. The summed E-state index contributed by atoms with van der Waals surface area (Å²) in [7, 11) is -3.12. The van der Waals surface area contributed by atoms with Gasteiger partial charge < -0.3 is 5.32 Å². The molecule has 0 atom stereocenters. The first-order chi connectivity index (χ1) is 9.14. The lowest BCUT2D eigenvalue weighted by molar-refractivity contribution is 0.574. The minimum atomic E-state index is -3.12. The van der Waals surface area contributed by atoms with E-state index in [0.717, 1.165) is 31.5 Å². The van der Waals surface area contributed by atoms with E-state index in [4.69, 9.17) is 0 Å². The molecule has 0 bridgehead atoms. The fourth-order valence-corrected chi connectivity index (χ4v) is 2.93. The van der Waals surface area contributed by atoms with Gasteiger partial charge in [0.15, 0.2) is 0 Å². The Bertz CT molecular complexity index is 432. The molecule has 0 aliphatic rings. The van der Waals surface area contributed by atoms with E-state index >= 15 is 0 Å². The molecular formula is C14H24N2O2S. The standard InChI is InChI=1S/C14H24N2O2S/c1-2-15-11-6-7-13-19(17,18)16-12-10-14-8-4-3-5-9-14/h3-5,8-9,15-16H,2,6-7,10-13H2,1H3. The van der Waals surface area contributed by atoms with Crippen LogP contribution in [0, 0.1) is 0 Å². The van der Waals surface area contributed by atoms with E-state index in [1.165, 1.54) is 0 Å². The highest BCUT2D eigenvalue weighted by atomic mass is 32.2. The minimum absolute atomic E-state index is 0.215. The zero-order valence-corrected chi connectivity index (χ0v) is 12.4. The molecule has 108 valence electrons. The Morgan fingerprint density at radius 1 is 1.05 bits per heavy atom. The highest BCUT2D eigenvalue weighted by Gasteiger charge is 2.08. The molecule has 0 saturated carbocycles. The van der Waals surface area contributed by atoms with Crippen LogP contribution >= 0.6 is 0 Å². The summed E-state index contributed by atoms with van der Waals surface area (Å²) in [5.41, 5.74) is 1.15. The third kappa shape index (κ3) is 7.97. The Balaban J connectivity index is 2.16. The molecule has 0 aliphatic heterocycles. The monoisotopic (exact) mass is 284 g/mol. The summed E-state index contributed by atoms with van der Waals surface area (Å²) >= 11 is 0. The van der Waals surface area contributed by atoms with Gasteiger partial charge in [0.2, 0.25) is 10.0 Å². The predicted octanol–water partition coefficient (Wildman–Crippen LogP) is 1.54. The summed E-state index contributed by atoms with van der Waals surface area (Å²) in [5, 5.41) is 3.18. The molecule has 0 amide bonds. The molecule has 2 N–H and O–H groups in total. The Morgan fingerprint density at radius 3 is 2.47 bits per heavy atom. The fraction of sp³-hybridized carbons (Fsp3) is 0.571. The first-order valence-electron chi connectivity index (χ1n) is 6.86. The SMILES string of the molecule is CCNCCCCS(=O)(=O)NCCc1ccccc1. The molecule has 0 radical (unpaired) electrons. The Morgan fingerprint density at radius 2 is 1.79 bits per heavy atom. The maximum Gasteiger partial charge on any atom is 0.211 e. The smallest absolute Gasteiger partial charge is 0.211 e. The van der Waals surface area contributed by atoms with Gasteiger partial charge in [-0.05, 0) is 37.9 Å². The summed E-state index contributed by atoms with van der Waals surface area (Å²) < 4.78 is 26.1. The van der Waals surface area contributed by atoms with Gasteiger partial charge in [0.25, 0.3) is 0 Å². The van der Waals surface area contributed by atoms with E-state index < -0.39 is 10.0 Å². The number of nitrogens with one attached hydrogen (secondary N) is 2. The number of hydrogen-bond acceptors (Lipinski definition) is 3. The van der Waals surface area contributed by atoms with Crippen molar-refractivity contribution in [2.45, 2.75) is 26.2 Å². The van der Waals surface area contributed by atoms with Crippen LogP contribution in [-0.4, -0.2) is 33.8 Å². The first-order valence-corrected chi connectivity index (χ1v) is 8.51. The molecule has 0 heterocycles. The highest BCUT2D eigenvalue weighted by Crippen LogP contribution is 1.99. The van der Waals surface area contributed by atoms with Gasteiger partial charge in [0.05, 0.1) is 5.75 Å². The molecular weight excluding hydrogens is 260 g/mol. The molecule has 0 aromatic heterocycles. The molecule has 4 nitrogen and oxygen atoms in total. The second-order valence-corrected chi connectivity index (χ2v) is 6.44. The van der Waals surface area contributed by atoms with Crippen molar-refractivity contribution in [2.75, 3.05) is 25.4 Å². The summed E-state index contributed by atoms with van der Waals surface area (Å²) in [6.45, 7) is 4.33. The van der Waals surface area contributed by atoms with Crippen LogP contribution in [0.25, 0.3) is 0 Å². The minimum Gasteiger partial charge on any atom is -0.317 e. The molecule has 0 spiro atoms. The summed E-state index contributed by atoms with van der Waals surface area (Å²) in [5.74, 6) is 0.215. The van der Waals surface area contributed by atoms with Crippen LogP contribution in [-0.2, 0) is 16.4 Å². The number of hydrogen-bond donors (Lipinski definition) is 2. The van der Waals surface area contributed by atoms with E-state index in [9.17, 15) is 8.42 Å². The van der Waals surface area contributed by atoms with Crippen molar-refractivity contribution in [1.29, 1.82) is 0 Å². The normalized spacial score (nSPS) is 11.6. The van der Waals surface area contributed by atoms with Crippen molar-refractivity contribution < 1.29 is 8.42 Å². The fourth-order valence-electron chi connectivity index (χ4n) is 1.79. The van der Waals surface area contributed by atoms with Gasteiger partial charge in [-0.25, -0.2) is 13.1 Å². The Hall–Kier alpha value is -0.910. The summed E-state index contributed by atoms with van der Waals surface area (Å²) in [6.07, 6.45) is 2.33. The maximum absolute atomic E-state index is 11.7. The molecule has 19 heavy (non-hydrogen) atoms. The zero-order valence-electron chi connectivity index (χ0n) is 11.6. The third-order valence-electron chi connectivity index (χ3n) is 2.85. The van der Waals surface area contributed by atoms with Crippen LogP contribution in [0.5, 0.6) is 0 Å². The van der Waals surface area contributed by atoms with Crippen LogP contribution in [0.1, 0.15) is 25.3 Å². The predicted molar refractivity (Wildman–Crippen MR) is 79.7 cm³/mol. The van der Waals surface area contributed by atoms with E-state index in [1.807, 2.05) is 37.3 Å². The third-order valence-corrected chi connectivity index (χ3v) is 4.32. The second kappa shape index (κ2) is 9.07. The van der Waals surface area contributed by atoms with Crippen LogP contribution in [0.4, 0.5) is 0 Å². The maximum atomic E-state index is 11.7. The molecule has 0 unspecified atom stereocenters. The number of unbranched alkanes of at least 4 members (excludes halogenated alkanes) is 1. The zero-order chi connectivity index (χ0) is 14.0. The van der Waals surface area contributed by atoms with Crippen molar-refractivity contribution in [1.82, 2.24) is 10.0 Å². The van der Waals surface area contributed by atoms with Gasteiger partial charge in [-0.15, -0.1) is 0 Å². The van der Waals surface area contributed by atoms with E-state index in [1.54, 1.807) is 0 Å². The number of sulfonamides is 1.